The fourth-order valence-corrected chi connectivity index (χ4v) is 6.83. The highest BCUT2D eigenvalue weighted by Crippen LogP contribution is 2.33. The number of hydrogen-bond donors (Lipinski definition) is 2. The fraction of sp³-hybridized carbons (Fsp3) is 0.190. The summed E-state index contributed by atoms with van der Waals surface area (Å²) in [5.41, 5.74) is 6.82. The molecule has 1 aliphatic rings. The second kappa shape index (κ2) is 8.64. The number of nitriles is 1. The van der Waals surface area contributed by atoms with Crippen molar-refractivity contribution in [2.45, 2.75) is 16.8 Å². The molecule has 3 N–H and O–H groups in total. The van der Waals surface area contributed by atoms with Crippen LogP contribution in [0.15, 0.2) is 46.7 Å². The largest absolute Gasteiger partial charge is 0.480 e. The lowest BCUT2D eigenvalue weighted by Crippen LogP contribution is -2.59. The van der Waals surface area contributed by atoms with Gasteiger partial charge in [0.15, 0.2) is 0 Å². The van der Waals surface area contributed by atoms with Crippen LogP contribution in [0.1, 0.15) is 11.1 Å². The number of nitrogens with zero attached hydrogens (tertiary/aromatic N) is 3. The fourth-order valence-electron chi connectivity index (χ4n) is 3.61. The molecule has 12 heteroatoms. The van der Waals surface area contributed by atoms with Gasteiger partial charge in [0.2, 0.25) is 5.91 Å². The van der Waals surface area contributed by atoms with Gasteiger partial charge in [-0.1, -0.05) is 23.7 Å². The number of carbonyl (C=O) groups excluding carboxylic acids is 1. The molecule has 4 rings (SSSR count). The molecule has 1 fully saturated rings. The molecule has 2 heterocycles. The van der Waals surface area contributed by atoms with Crippen molar-refractivity contribution in [2.75, 3.05) is 18.8 Å². The Morgan fingerprint density at radius 1 is 1.27 bits per heavy atom. The molecule has 0 saturated carbocycles. The summed E-state index contributed by atoms with van der Waals surface area (Å²) in [4.78, 5) is 26.0. The minimum atomic E-state index is -4.11. The molecule has 170 valence electrons. The van der Waals surface area contributed by atoms with E-state index in [1.165, 1.54) is 18.2 Å². The lowest BCUT2D eigenvalue weighted by atomic mass is 10.1. The monoisotopic (exact) mass is 504 g/mol. The van der Waals surface area contributed by atoms with Gasteiger partial charge in [-0.3, -0.25) is 4.79 Å². The second-order valence-electron chi connectivity index (χ2n) is 7.45. The van der Waals surface area contributed by atoms with Crippen molar-refractivity contribution in [1.29, 1.82) is 5.26 Å². The summed E-state index contributed by atoms with van der Waals surface area (Å²) in [6.07, 6.45) is 0. The summed E-state index contributed by atoms with van der Waals surface area (Å²) >= 11 is 6.99. The van der Waals surface area contributed by atoms with Crippen molar-refractivity contribution in [3.8, 4) is 6.07 Å². The summed E-state index contributed by atoms with van der Waals surface area (Å²) < 4.78 is 28.0. The first-order chi connectivity index (χ1) is 15.6. The van der Waals surface area contributed by atoms with Gasteiger partial charge in [-0.2, -0.15) is 9.57 Å². The SMILES string of the molecule is N#Cc1ccc(CN2C(=O)CN(S(=O)(=O)c3cc4ccc(Cl)cc4s3)CC2C(=O)O)cc1N. The highest BCUT2D eigenvalue weighted by molar-refractivity contribution is 7.91. The number of carboxylic acid groups (broad SMARTS) is 1. The van der Waals surface area contributed by atoms with Crippen molar-refractivity contribution in [2.24, 2.45) is 0 Å². The predicted octanol–water partition coefficient (Wildman–Crippen LogP) is 2.49. The molecule has 1 atom stereocenters. The molecule has 0 aliphatic carbocycles. The van der Waals surface area contributed by atoms with Gasteiger partial charge in [0.25, 0.3) is 10.0 Å². The van der Waals surface area contributed by atoms with Crippen molar-refractivity contribution in [1.82, 2.24) is 9.21 Å². The number of piperazine rings is 1. The Hall–Kier alpha value is -3.17. The van der Waals surface area contributed by atoms with E-state index in [9.17, 15) is 23.1 Å². The molecule has 0 spiro atoms. The van der Waals surface area contributed by atoms with E-state index in [-0.39, 0.29) is 22.0 Å². The first-order valence-corrected chi connectivity index (χ1v) is 12.2. The zero-order valence-corrected chi connectivity index (χ0v) is 19.3. The summed E-state index contributed by atoms with van der Waals surface area (Å²) in [6, 6.07) is 11.6. The maximum absolute atomic E-state index is 13.2. The Kier molecular flexibility index (Phi) is 6.02. The standard InChI is InChI=1S/C21H17ClN4O5S2/c22-15-4-3-13-6-20(32-18(13)7-15)33(30,31)25-10-17(21(28)29)26(19(27)11-25)9-12-1-2-14(8-23)16(24)5-12/h1-7,17H,9-11,24H2,(H,28,29). The molecule has 9 nitrogen and oxygen atoms in total. The van der Waals surface area contributed by atoms with Gasteiger partial charge in [-0.05, 0) is 41.3 Å². The average Bonchev–Trinajstić information content (AvgIpc) is 3.19. The molecular formula is C21H17ClN4O5S2. The average molecular weight is 505 g/mol. The van der Waals surface area contributed by atoms with Crippen molar-refractivity contribution in [3.63, 3.8) is 0 Å². The Balaban J connectivity index is 1.62. The Morgan fingerprint density at radius 3 is 2.70 bits per heavy atom. The number of hydrogen-bond acceptors (Lipinski definition) is 7. The molecule has 1 unspecified atom stereocenters. The van der Waals surface area contributed by atoms with E-state index >= 15 is 0 Å². The molecule has 1 aromatic heterocycles. The molecule has 3 aromatic rings. The van der Waals surface area contributed by atoms with Crippen LogP contribution in [-0.4, -0.2) is 53.7 Å². The van der Waals surface area contributed by atoms with Gasteiger partial charge in [0, 0.05) is 28.5 Å². The van der Waals surface area contributed by atoms with Crippen LogP contribution in [-0.2, 0) is 26.2 Å². The highest BCUT2D eigenvalue weighted by Gasteiger charge is 2.42. The van der Waals surface area contributed by atoms with Gasteiger partial charge >= 0.3 is 5.97 Å². The zero-order valence-electron chi connectivity index (χ0n) is 16.9. The van der Waals surface area contributed by atoms with Crippen LogP contribution in [0.25, 0.3) is 10.1 Å². The van der Waals surface area contributed by atoms with Crippen molar-refractivity contribution in [3.05, 3.63) is 58.6 Å². The van der Waals surface area contributed by atoms with E-state index in [1.54, 1.807) is 24.3 Å². The van der Waals surface area contributed by atoms with Gasteiger partial charge in [0.05, 0.1) is 12.1 Å². The van der Waals surface area contributed by atoms with Gasteiger partial charge < -0.3 is 15.7 Å². The first-order valence-electron chi connectivity index (χ1n) is 9.60. The van der Waals surface area contributed by atoms with Crippen LogP contribution in [0, 0.1) is 11.3 Å². The van der Waals surface area contributed by atoms with Crippen LogP contribution < -0.4 is 5.73 Å². The predicted molar refractivity (Wildman–Crippen MR) is 123 cm³/mol. The molecule has 2 aromatic carbocycles. The zero-order chi connectivity index (χ0) is 23.9. The Bertz CT molecular complexity index is 1430. The second-order valence-corrected chi connectivity index (χ2v) is 11.1. The summed E-state index contributed by atoms with van der Waals surface area (Å²) in [7, 11) is -4.11. The number of aliphatic carboxylic acids is 1. The van der Waals surface area contributed by atoms with Crippen LogP contribution in [0.2, 0.25) is 5.02 Å². The van der Waals surface area contributed by atoms with Gasteiger partial charge in [0.1, 0.15) is 16.3 Å². The molecular weight excluding hydrogens is 488 g/mol. The van der Waals surface area contributed by atoms with E-state index in [4.69, 9.17) is 22.6 Å². The third-order valence-corrected chi connectivity index (χ3v) is 8.91. The van der Waals surface area contributed by atoms with Crippen LogP contribution in [0.5, 0.6) is 0 Å². The number of anilines is 1. The number of amides is 1. The Morgan fingerprint density at radius 2 is 2.03 bits per heavy atom. The maximum Gasteiger partial charge on any atom is 0.327 e. The molecule has 1 amide bonds. The van der Waals surface area contributed by atoms with Crippen molar-refractivity contribution >= 4 is 60.6 Å². The van der Waals surface area contributed by atoms with Gasteiger partial charge in [-0.15, -0.1) is 11.3 Å². The lowest BCUT2D eigenvalue weighted by molar-refractivity contribution is -0.154. The number of nitrogen functional groups attached to an aromatic ring is 1. The molecule has 1 saturated heterocycles. The number of rotatable bonds is 5. The third-order valence-electron chi connectivity index (χ3n) is 5.31. The normalized spacial score (nSPS) is 17.3. The lowest BCUT2D eigenvalue weighted by Gasteiger charge is -2.38. The summed E-state index contributed by atoms with van der Waals surface area (Å²) in [5, 5.41) is 19.9. The number of fused-ring (bicyclic) bond motifs is 1. The Labute approximate surface area is 198 Å². The number of carbonyl (C=O) groups is 2. The maximum atomic E-state index is 13.2. The van der Waals surface area contributed by atoms with E-state index in [0.29, 0.717) is 20.7 Å². The number of sulfonamides is 1. The van der Waals surface area contributed by atoms with Crippen LogP contribution in [0.3, 0.4) is 0 Å². The quantitative estimate of drug-likeness (QED) is 0.507. The van der Waals surface area contributed by atoms with E-state index in [0.717, 1.165) is 20.5 Å². The van der Waals surface area contributed by atoms with E-state index in [2.05, 4.69) is 0 Å². The molecule has 1 aliphatic heterocycles. The number of benzene rings is 2. The van der Waals surface area contributed by atoms with Crippen LogP contribution in [0.4, 0.5) is 5.69 Å². The molecule has 0 radical (unpaired) electrons. The summed E-state index contributed by atoms with van der Waals surface area (Å²) in [5.74, 6) is -1.97. The van der Waals surface area contributed by atoms with Crippen molar-refractivity contribution < 1.29 is 23.1 Å². The minimum absolute atomic E-state index is 0.00465. The smallest absolute Gasteiger partial charge is 0.327 e. The number of thiophene rings is 1. The number of halogens is 1. The van der Waals surface area contributed by atoms with Crippen LogP contribution >= 0.6 is 22.9 Å². The summed E-state index contributed by atoms with van der Waals surface area (Å²) in [6.45, 7) is -0.974. The molecule has 0 bridgehead atoms. The third kappa shape index (κ3) is 4.38. The minimum Gasteiger partial charge on any atom is -0.480 e. The number of nitrogens with two attached hydrogens (primary N) is 1. The van der Waals surface area contributed by atoms with E-state index < -0.39 is 41.0 Å². The number of carboxylic acids is 1. The highest BCUT2D eigenvalue weighted by atomic mass is 35.5. The topological polar surface area (TPSA) is 145 Å². The van der Waals surface area contributed by atoms with Gasteiger partial charge in [-0.25, -0.2) is 13.2 Å². The first kappa shape index (κ1) is 23.0. The van der Waals surface area contributed by atoms with E-state index in [1.807, 2.05) is 6.07 Å². The molecule has 33 heavy (non-hydrogen) atoms.